The smallest absolute Gasteiger partial charge is 0.257 e. The van der Waals surface area contributed by atoms with E-state index in [-0.39, 0.29) is 16.9 Å². The van der Waals surface area contributed by atoms with Gasteiger partial charge >= 0.3 is 0 Å². The highest BCUT2D eigenvalue weighted by molar-refractivity contribution is 7.80. The molecule has 2 rings (SSSR count). The van der Waals surface area contributed by atoms with Crippen LogP contribution in [0.5, 0.6) is 5.75 Å². The zero-order chi connectivity index (χ0) is 20.4. The molecule has 0 aromatic heterocycles. The minimum absolute atomic E-state index is 0.153. The molecule has 0 unspecified atom stereocenters. The molecule has 0 saturated heterocycles. The molecule has 0 radical (unpaired) electrons. The standard InChI is InChI=1S/C20H23N3O4S/c1-3-26-11-12-27-17-6-4-5-15(13-17)19(25)23-20(28)22-16-9-7-14(8-10-16)18(24)21-2/h4-10,13H,3,11-12H2,1-2H3,(H,21,24)(H2,22,23,25,28). The van der Waals surface area contributed by atoms with Crippen molar-refractivity contribution < 1.29 is 19.1 Å². The Hall–Kier alpha value is -2.97. The molecular formula is C20H23N3O4S. The lowest BCUT2D eigenvalue weighted by molar-refractivity contribution is 0.0959. The van der Waals surface area contributed by atoms with E-state index in [1.165, 1.54) is 0 Å². The van der Waals surface area contributed by atoms with Crippen LogP contribution in [0.3, 0.4) is 0 Å². The first-order valence-corrected chi connectivity index (χ1v) is 9.19. The number of rotatable bonds is 8. The molecule has 8 heteroatoms. The van der Waals surface area contributed by atoms with Gasteiger partial charge in [-0.3, -0.25) is 14.9 Å². The van der Waals surface area contributed by atoms with Gasteiger partial charge in [0.1, 0.15) is 12.4 Å². The van der Waals surface area contributed by atoms with E-state index < -0.39 is 0 Å². The Morgan fingerprint density at radius 1 is 1.00 bits per heavy atom. The second-order valence-corrected chi connectivity index (χ2v) is 6.05. The summed E-state index contributed by atoms with van der Waals surface area (Å²) in [6.45, 7) is 3.44. The summed E-state index contributed by atoms with van der Waals surface area (Å²) in [6, 6.07) is 13.6. The average Bonchev–Trinajstić information content (AvgIpc) is 2.71. The molecule has 0 aliphatic rings. The molecule has 0 heterocycles. The highest BCUT2D eigenvalue weighted by atomic mass is 32.1. The van der Waals surface area contributed by atoms with Gasteiger partial charge in [-0.1, -0.05) is 6.07 Å². The predicted octanol–water partition coefficient (Wildman–Crippen LogP) is 2.59. The van der Waals surface area contributed by atoms with Crippen molar-refractivity contribution in [1.29, 1.82) is 0 Å². The van der Waals surface area contributed by atoms with Crippen molar-refractivity contribution in [1.82, 2.24) is 10.6 Å². The SMILES string of the molecule is CCOCCOc1cccc(C(=O)NC(=S)Nc2ccc(C(=O)NC)cc2)c1. The lowest BCUT2D eigenvalue weighted by Crippen LogP contribution is -2.34. The van der Waals surface area contributed by atoms with Crippen molar-refractivity contribution in [3.05, 3.63) is 59.7 Å². The lowest BCUT2D eigenvalue weighted by atomic mass is 10.2. The number of thiocarbonyl (C=S) groups is 1. The summed E-state index contributed by atoms with van der Waals surface area (Å²) in [6.07, 6.45) is 0. The van der Waals surface area contributed by atoms with E-state index in [0.717, 1.165) is 0 Å². The largest absolute Gasteiger partial charge is 0.491 e. The fourth-order valence-electron chi connectivity index (χ4n) is 2.28. The zero-order valence-corrected chi connectivity index (χ0v) is 16.6. The van der Waals surface area contributed by atoms with E-state index in [2.05, 4.69) is 16.0 Å². The van der Waals surface area contributed by atoms with Gasteiger partial charge in [0.2, 0.25) is 0 Å². The number of carbonyl (C=O) groups is 2. The van der Waals surface area contributed by atoms with Gasteiger partial charge in [0.05, 0.1) is 6.61 Å². The van der Waals surface area contributed by atoms with Gasteiger partial charge in [0.25, 0.3) is 11.8 Å². The van der Waals surface area contributed by atoms with Crippen molar-refractivity contribution in [2.75, 3.05) is 32.2 Å². The molecular weight excluding hydrogens is 378 g/mol. The summed E-state index contributed by atoms with van der Waals surface area (Å²) in [5.41, 5.74) is 1.61. The Morgan fingerprint density at radius 3 is 2.43 bits per heavy atom. The molecule has 7 nitrogen and oxygen atoms in total. The first kappa shape index (κ1) is 21.3. The van der Waals surface area contributed by atoms with Gasteiger partial charge in [-0.2, -0.15) is 0 Å². The van der Waals surface area contributed by atoms with Crippen molar-refractivity contribution in [2.24, 2.45) is 0 Å². The summed E-state index contributed by atoms with van der Waals surface area (Å²) >= 11 is 5.18. The molecule has 2 aromatic rings. The van der Waals surface area contributed by atoms with Crippen molar-refractivity contribution in [3.63, 3.8) is 0 Å². The maximum Gasteiger partial charge on any atom is 0.257 e. The predicted molar refractivity (Wildman–Crippen MR) is 112 cm³/mol. The maximum atomic E-state index is 12.4. The molecule has 0 aliphatic carbocycles. The molecule has 28 heavy (non-hydrogen) atoms. The summed E-state index contributed by atoms with van der Waals surface area (Å²) in [5.74, 6) is 0.0524. The molecule has 148 valence electrons. The fraction of sp³-hybridized carbons (Fsp3) is 0.250. The van der Waals surface area contributed by atoms with E-state index in [9.17, 15) is 9.59 Å². The Labute approximate surface area is 169 Å². The highest BCUT2D eigenvalue weighted by Crippen LogP contribution is 2.14. The first-order valence-electron chi connectivity index (χ1n) is 8.78. The summed E-state index contributed by atoms with van der Waals surface area (Å²) < 4.78 is 10.8. The van der Waals surface area contributed by atoms with Crippen LogP contribution in [0.1, 0.15) is 27.6 Å². The number of ether oxygens (including phenoxy) is 2. The van der Waals surface area contributed by atoms with Gasteiger partial charge < -0.3 is 20.1 Å². The van der Waals surface area contributed by atoms with Gasteiger partial charge in [-0.05, 0) is 61.6 Å². The number of carbonyl (C=O) groups excluding carboxylic acids is 2. The number of nitrogens with one attached hydrogen (secondary N) is 3. The van der Waals surface area contributed by atoms with Gasteiger partial charge in [-0.25, -0.2) is 0 Å². The van der Waals surface area contributed by atoms with Gasteiger partial charge in [0, 0.05) is 30.5 Å². The zero-order valence-electron chi connectivity index (χ0n) is 15.8. The second kappa shape index (κ2) is 11.0. The van der Waals surface area contributed by atoms with Crippen molar-refractivity contribution in [3.8, 4) is 5.75 Å². The summed E-state index contributed by atoms with van der Waals surface area (Å²) in [7, 11) is 1.57. The Kier molecular flexibility index (Phi) is 8.38. The maximum absolute atomic E-state index is 12.4. The van der Waals surface area contributed by atoms with Crippen LogP contribution in [0.4, 0.5) is 5.69 Å². The Balaban J connectivity index is 1.89. The van der Waals surface area contributed by atoms with Crippen LogP contribution in [0.25, 0.3) is 0 Å². The van der Waals surface area contributed by atoms with E-state index in [4.69, 9.17) is 21.7 Å². The van der Waals surface area contributed by atoms with E-state index in [1.807, 2.05) is 6.92 Å². The molecule has 0 fully saturated rings. The molecule has 0 saturated carbocycles. The highest BCUT2D eigenvalue weighted by Gasteiger charge is 2.10. The number of amides is 2. The molecule has 3 N–H and O–H groups in total. The third-order valence-corrected chi connectivity index (χ3v) is 3.86. The molecule has 0 aliphatic heterocycles. The average molecular weight is 401 g/mol. The summed E-state index contributed by atoms with van der Waals surface area (Å²) in [4.78, 5) is 23.9. The minimum atomic E-state index is -0.352. The van der Waals surface area contributed by atoms with Crippen LogP contribution in [0.15, 0.2) is 48.5 Å². The van der Waals surface area contributed by atoms with Crippen LogP contribution in [-0.4, -0.2) is 43.8 Å². The third-order valence-electron chi connectivity index (χ3n) is 3.66. The number of anilines is 1. The second-order valence-electron chi connectivity index (χ2n) is 5.64. The monoisotopic (exact) mass is 401 g/mol. The van der Waals surface area contributed by atoms with Crippen molar-refractivity contribution in [2.45, 2.75) is 6.92 Å². The van der Waals surface area contributed by atoms with E-state index in [0.29, 0.717) is 42.4 Å². The van der Waals surface area contributed by atoms with Crippen LogP contribution in [-0.2, 0) is 4.74 Å². The minimum Gasteiger partial charge on any atom is -0.491 e. The van der Waals surface area contributed by atoms with Crippen LogP contribution in [0.2, 0.25) is 0 Å². The fourth-order valence-corrected chi connectivity index (χ4v) is 2.49. The van der Waals surface area contributed by atoms with Crippen molar-refractivity contribution >= 4 is 34.8 Å². The molecule has 2 aromatic carbocycles. The van der Waals surface area contributed by atoms with Crippen LogP contribution in [0, 0.1) is 0 Å². The number of hydrogen-bond acceptors (Lipinski definition) is 5. The molecule has 0 atom stereocenters. The lowest BCUT2D eigenvalue weighted by Gasteiger charge is -2.11. The molecule has 0 spiro atoms. The number of benzene rings is 2. The van der Waals surface area contributed by atoms with Gasteiger partial charge in [0.15, 0.2) is 5.11 Å². The number of hydrogen-bond donors (Lipinski definition) is 3. The Bertz CT molecular complexity index is 824. The van der Waals surface area contributed by atoms with Crippen LogP contribution >= 0.6 is 12.2 Å². The van der Waals surface area contributed by atoms with E-state index >= 15 is 0 Å². The third kappa shape index (κ3) is 6.64. The van der Waals surface area contributed by atoms with Gasteiger partial charge in [-0.15, -0.1) is 0 Å². The topological polar surface area (TPSA) is 88.7 Å². The molecule has 2 amide bonds. The quantitative estimate of drug-likeness (QED) is 0.465. The van der Waals surface area contributed by atoms with E-state index in [1.54, 1.807) is 55.6 Å². The molecule has 0 bridgehead atoms. The normalized spacial score (nSPS) is 10.1. The summed E-state index contributed by atoms with van der Waals surface area (Å²) in [5, 5.41) is 8.23. The first-order chi connectivity index (χ1) is 13.5. The Morgan fingerprint density at radius 2 is 1.75 bits per heavy atom. The van der Waals surface area contributed by atoms with Crippen LogP contribution < -0.4 is 20.7 Å².